The van der Waals surface area contributed by atoms with Crippen LogP contribution in [0.15, 0.2) is 16.7 Å². The van der Waals surface area contributed by atoms with Crippen LogP contribution in [-0.2, 0) is 21.4 Å². The van der Waals surface area contributed by atoms with Crippen molar-refractivity contribution in [2.45, 2.75) is 25.6 Å². The van der Waals surface area contributed by atoms with Crippen molar-refractivity contribution in [2.75, 3.05) is 7.05 Å². The standard InChI is InChI=1S/C10H15NO5S/c1-7-9(4-5-16-7)6-11(3)17(14,15)8(2)10(12)13/h4-5,8H,6H2,1-3H3,(H,12,13). The van der Waals surface area contributed by atoms with E-state index in [1.807, 2.05) is 0 Å². The van der Waals surface area contributed by atoms with Gasteiger partial charge in [-0.3, -0.25) is 4.79 Å². The average Bonchev–Trinajstić information content (AvgIpc) is 2.63. The quantitative estimate of drug-likeness (QED) is 0.847. The fourth-order valence-electron chi connectivity index (χ4n) is 1.30. The lowest BCUT2D eigenvalue weighted by molar-refractivity contribution is -0.136. The van der Waals surface area contributed by atoms with Crippen molar-refractivity contribution in [1.29, 1.82) is 0 Å². The largest absolute Gasteiger partial charge is 0.480 e. The van der Waals surface area contributed by atoms with E-state index in [1.165, 1.54) is 13.3 Å². The first-order valence-corrected chi connectivity index (χ1v) is 6.48. The smallest absolute Gasteiger partial charge is 0.323 e. The van der Waals surface area contributed by atoms with Crippen molar-refractivity contribution in [2.24, 2.45) is 0 Å². The number of carboxylic acids is 1. The molecule has 0 fully saturated rings. The molecule has 0 radical (unpaired) electrons. The molecule has 17 heavy (non-hydrogen) atoms. The molecule has 1 heterocycles. The van der Waals surface area contributed by atoms with Crippen molar-refractivity contribution >= 4 is 16.0 Å². The van der Waals surface area contributed by atoms with Crippen LogP contribution in [0.5, 0.6) is 0 Å². The number of carbonyl (C=O) groups is 1. The van der Waals surface area contributed by atoms with E-state index in [1.54, 1.807) is 13.0 Å². The maximum absolute atomic E-state index is 11.8. The molecule has 0 saturated carbocycles. The van der Waals surface area contributed by atoms with Crippen LogP contribution in [0.2, 0.25) is 0 Å². The third-order valence-corrected chi connectivity index (χ3v) is 4.68. The van der Waals surface area contributed by atoms with Crippen LogP contribution in [-0.4, -0.2) is 36.1 Å². The average molecular weight is 261 g/mol. The number of furan rings is 1. The summed E-state index contributed by atoms with van der Waals surface area (Å²) < 4.78 is 29.7. The predicted molar refractivity (Wildman–Crippen MR) is 60.9 cm³/mol. The van der Waals surface area contributed by atoms with Crippen LogP contribution in [0.4, 0.5) is 0 Å². The summed E-state index contributed by atoms with van der Waals surface area (Å²) in [6, 6.07) is 1.66. The van der Waals surface area contributed by atoms with Gasteiger partial charge in [0.25, 0.3) is 0 Å². The highest BCUT2D eigenvalue weighted by atomic mass is 32.2. The second-order valence-electron chi connectivity index (χ2n) is 3.78. The highest BCUT2D eigenvalue weighted by Crippen LogP contribution is 2.15. The van der Waals surface area contributed by atoms with Gasteiger partial charge in [0.2, 0.25) is 10.0 Å². The second-order valence-corrected chi connectivity index (χ2v) is 6.14. The van der Waals surface area contributed by atoms with Gasteiger partial charge in [0.05, 0.1) is 6.26 Å². The summed E-state index contributed by atoms with van der Waals surface area (Å²) in [6.45, 7) is 2.97. The number of hydrogen-bond donors (Lipinski definition) is 1. The highest BCUT2D eigenvalue weighted by Gasteiger charge is 2.31. The molecule has 1 aromatic heterocycles. The Hall–Kier alpha value is -1.34. The first kappa shape index (κ1) is 13.7. The van der Waals surface area contributed by atoms with E-state index in [0.29, 0.717) is 11.3 Å². The molecule has 0 aliphatic heterocycles. The third-order valence-electron chi connectivity index (χ3n) is 2.59. The molecule has 1 rings (SSSR count). The summed E-state index contributed by atoms with van der Waals surface area (Å²) in [6.07, 6.45) is 1.46. The fraction of sp³-hybridized carbons (Fsp3) is 0.500. The van der Waals surface area contributed by atoms with E-state index in [9.17, 15) is 13.2 Å². The van der Waals surface area contributed by atoms with Gasteiger partial charge >= 0.3 is 5.97 Å². The van der Waals surface area contributed by atoms with Crippen LogP contribution >= 0.6 is 0 Å². The summed E-state index contributed by atoms with van der Waals surface area (Å²) in [7, 11) is -2.49. The van der Waals surface area contributed by atoms with Crippen molar-refractivity contribution in [3.8, 4) is 0 Å². The maximum Gasteiger partial charge on any atom is 0.323 e. The number of nitrogens with zero attached hydrogens (tertiary/aromatic N) is 1. The number of hydrogen-bond acceptors (Lipinski definition) is 4. The van der Waals surface area contributed by atoms with E-state index in [-0.39, 0.29) is 6.54 Å². The maximum atomic E-state index is 11.8. The summed E-state index contributed by atoms with van der Waals surface area (Å²) in [4.78, 5) is 10.7. The minimum atomic E-state index is -3.84. The molecule has 0 aliphatic carbocycles. The number of rotatable bonds is 5. The van der Waals surface area contributed by atoms with Crippen molar-refractivity contribution < 1.29 is 22.7 Å². The van der Waals surface area contributed by atoms with E-state index < -0.39 is 21.2 Å². The molecule has 1 unspecified atom stereocenters. The summed E-state index contributed by atoms with van der Waals surface area (Å²) in [5.74, 6) is -0.740. The zero-order valence-electron chi connectivity index (χ0n) is 9.87. The number of aryl methyl sites for hydroxylation is 1. The van der Waals surface area contributed by atoms with Gasteiger partial charge < -0.3 is 9.52 Å². The lowest BCUT2D eigenvalue weighted by atomic mass is 10.3. The Morgan fingerprint density at radius 2 is 2.18 bits per heavy atom. The minimum Gasteiger partial charge on any atom is -0.480 e. The van der Waals surface area contributed by atoms with E-state index >= 15 is 0 Å². The number of sulfonamides is 1. The van der Waals surface area contributed by atoms with Gasteiger partial charge in [0.15, 0.2) is 5.25 Å². The van der Waals surface area contributed by atoms with Gasteiger partial charge in [-0.05, 0) is 19.9 Å². The molecule has 0 aromatic carbocycles. The lowest BCUT2D eigenvalue weighted by Gasteiger charge is -2.19. The lowest BCUT2D eigenvalue weighted by Crippen LogP contribution is -2.38. The molecule has 6 nitrogen and oxygen atoms in total. The highest BCUT2D eigenvalue weighted by molar-refractivity contribution is 7.90. The van der Waals surface area contributed by atoms with Gasteiger partial charge in [-0.25, -0.2) is 8.42 Å². The zero-order valence-corrected chi connectivity index (χ0v) is 10.7. The first-order valence-electron chi connectivity index (χ1n) is 4.97. The molecule has 7 heteroatoms. The Bertz CT molecular complexity index is 505. The number of carboxylic acid groups (broad SMARTS) is 1. The molecule has 0 bridgehead atoms. The van der Waals surface area contributed by atoms with Gasteiger partial charge in [0.1, 0.15) is 5.76 Å². The van der Waals surface area contributed by atoms with Crippen LogP contribution in [0.25, 0.3) is 0 Å². The van der Waals surface area contributed by atoms with Crippen molar-refractivity contribution in [3.63, 3.8) is 0 Å². The normalized spacial score (nSPS) is 13.9. The predicted octanol–water partition coefficient (Wildman–Crippen LogP) is 0.823. The third kappa shape index (κ3) is 2.86. The van der Waals surface area contributed by atoms with Crippen molar-refractivity contribution in [3.05, 3.63) is 23.7 Å². The molecular weight excluding hydrogens is 246 g/mol. The Kier molecular flexibility index (Phi) is 3.94. The minimum absolute atomic E-state index is 0.0995. The van der Waals surface area contributed by atoms with Crippen LogP contribution in [0, 0.1) is 6.92 Å². The summed E-state index contributed by atoms with van der Waals surface area (Å²) in [5.41, 5.74) is 0.716. The van der Waals surface area contributed by atoms with E-state index in [2.05, 4.69) is 0 Å². The monoisotopic (exact) mass is 261 g/mol. The van der Waals surface area contributed by atoms with Crippen LogP contribution in [0.3, 0.4) is 0 Å². The topological polar surface area (TPSA) is 87.8 Å². The zero-order chi connectivity index (χ0) is 13.2. The molecule has 1 atom stereocenters. The fourth-order valence-corrected chi connectivity index (χ4v) is 2.42. The van der Waals surface area contributed by atoms with Crippen molar-refractivity contribution in [1.82, 2.24) is 4.31 Å². The molecule has 0 saturated heterocycles. The molecule has 0 amide bonds. The molecule has 1 N–H and O–H groups in total. The summed E-state index contributed by atoms with van der Waals surface area (Å²) >= 11 is 0. The van der Waals surface area contributed by atoms with Gasteiger partial charge in [-0.1, -0.05) is 0 Å². The van der Waals surface area contributed by atoms with Crippen LogP contribution in [0.1, 0.15) is 18.2 Å². The number of aliphatic carboxylic acids is 1. The van der Waals surface area contributed by atoms with Gasteiger partial charge in [-0.15, -0.1) is 0 Å². The van der Waals surface area contributed by atoms with Gasteiger partial charge in [0, 0.05) is 19.2 Å². The Balaban J connectivity index is 2.87. The second kappa shape index (κ2) is 4.89. The molecule has 0 spiro atoms. The van der Waals surface area contributed by atoms with Gasteiger partial charge in [-0.2, -0.15) is 4.31 Å². The molecule has 96 valence electrons. The van der Waals surface area contributed by atoms with E-state index in [4.69, 9.17) is 9.52 Å². The molecular formula is C10H15NO5S. The first-order chi connectivity index (χ1) is 7.76. The van der Waals surface area contributed by atoms with E-state index in [0.717, 1.165) is 11.2 Å². The molecule has 1 aromatic rings. The SMILES string of the molecule is Cc1occc1CN(C)S(=O)(=O)C(C)C(=O)O. The Morgan fingerprint density at radius 3 is 2.59 bits per heavy atom. The Morgan fingerprint density at radius 1 is 1.59 bits per heavy atom. The molecule has 0 aliphatic rings. The van der Waals surface area contributed by atoms with Crippen LogP contribution < -0.4 is 0 Å². The summed E-state index contributed by atoms with van der Waals surface area (Å²) in [5, 5.41) is 7.26. The Labute approximate surface area is 99.9 Å².